The van der Waals surface area contributed by atoms with Gasteiger partial charge in [-0.15, -0.1) is 0 Å². The van der Waals surface area contributed by atoms with Crippen molar-refractivity contribution >= 4 is 7.28 Å². The molecule has 0 aromatic carbocycles. The molecule has 0 radical (unpaired) electrons. The molecule has 0 spiro atoms. The van der Waals surface area contributed by atoms with Gasteiger partial charge in [0.25, 0.3) is 0 Å². The zero-order valence-electron chi connectivity index (χ0n) is 10.4. The molecule has 2 N–H and O–H groups in total. The van der Waals surface area contributed by atoms with Gasteiger partial charge in [-0.2, -0.15) is 0 Å². The molecule has 0 unspecified atom stereocenters. The average molecular weight is 238 g/mol. The number of rotatable bonds is 9. The summed E-state index contributed by atoms with van der Waals surface area (Å²) in [6, 6.07) is 0. The van der Waals surface area contributed by atoms with Gasteiger partial charge in [0.05, 0.1) is 0 Å². The Kier molecular flexibility index (Phi) is 6.94. The van der Waals surface area contributed by atoms with Crippen LogP contribution in [0, 0.1) is 0 Å². The Bertz CT molecular complexity index is 163. The van der Waals surface area contributed by atoms with Crippen LogP contribution in [0.5, 0.6) is 0 Å². The molecule has 0 heterocycles. The molecule has 0 amide bonds. The normalized spacial score (nSPS) is 14.9. The summed E-state index contributed by atoms with van der Waals surface area (Å²) in [5, 5.41) is 0. The summed E-state index contributed by atoms with van der Waals surface area (Å²) in [4.78, 5) is 19.9. The molecule has 0 atom stereocenters. The zero-order chi connectivity index (χ0) is 11.8. The molecule has 0 fully saturated rings. The van der Waals surface area contributed by atoms with Gasteiger partial charge in [-0.1, -0.05) is 0 Å². The SMILES string of the molecule is CCCCCCCOP(O)(O)(CC)CC. The Hall–Kier alpha value is 0.310. The van der Waals surface area contributed by atoms with Crippen molar-refractivity contribution in [1.82, 2.24) is 0 Å². The van der Waals surface area contributed by atoms with Gasteiger partial charge in [-0.3, -0.25) is 0 Å². The third kappa shape index (κ3) is 6.47. The molecule has 0 rings (SSSR count). The second kappa shape index (κ2) is 6.80. The van der Waals surface area contributed by atoms with E-state index in [4.69, 9.17) is 4.52 Å². The van der Waals surface area contributed by atoms with Crippen LogP contribution in [0.15, 0.2) is 0 Å². The Balaban J connectivity index is 3.65. The molecule has 0 aliphatic carbocycles. The van der Waals surface area contributed by atoms with Gasteiger partial charge < -0.3 is 0 Å². The Labute approximate surface area is 94.0 Å². The van der Waals surface area contributed by atoms with Gasteiger partial charge in [0.1, 0.15) is 0 Å². The zero-order valence-corrected chi connectivity index (χ0v) is 11.3. The van der Waals surface area contributed by atoms with Crippen LogP contribution in [0.3, 0.4) is 0 Å². The fraction of sp³-hybridized carbons (Fsp3) is 1.00. The molecule has 15 heavy (non-hydrogen) atoms. The van der Waals surface area contributed by atoms with Gasteiger partial charge in [0, 0.05) is 0 Å². The first kappa shape index (κ1) is 15.3. The predicted octanol–water partition coefficient (Wildman–Crippen LogP) is 3.30. The van der Waals surface area contributed by atoms with E-state index in [1.165, 1.54) is 19.3 Å². The average Bonchev–Trinajstić information content (AvgIpc) is 2.24. The van der Waals surface area contributed by atoms with Crippen molar-refractivity contribution in [2.75, 3.05) is 18.9 Å². The molecule has 0 aromatic heterocycles. The van der Waals surface area contributed by atoms with Crippen molar-refractivity contribution in [3.8, 4) is 0 Å². The van der Waals surface area contributed by atoms with Crippen molar-refractivity contribution in [3.05, 3.63) is 0 Å². The first-order chi connectivity index (χ1) is 6.96. The summed E-state index contributed by atoms with van der Waals surface area (Å²) in [5.74, 6) is 0. The van der Waals surface area contributed by atoms with E-state index in [-0.39, 0.29) is 0 Å². The van der Waals surface area contributed by atoms with E-state index in [0.29, 0.717) is 18.9 Å². The van der Waals surface area contributed by atoms with Gasteiger partial charge in [0.15, 0.2) is 0 Å². The third-order valence-corrected chi connectivity index (χ3v) is 6.23. The first-order valence-corrected chi connectivity index (χ1v) is 8.56. The standard InChI is InChI=1S/C11H27O3P/c1-4-7-8-9-10-11-14-15(12,13,5-2)6-3/h12-13H,4-11H2,1-3H3. The van der Waals surface area contributed by atoms with E-state index in [0.717, 1.165) is 12.8 Å². The van der Waals surface area contributed by atoms with Gasteiger partial charge in [-0.05, 0) is 0 Å². The Morgan fingerprint density at radius 3 is 1.87 bits per heavy atom. The van der Waals surface area contributed by atoms with Crippen LogP contribution in [0.4, 0.5) is 0 Å². The molecular weight excluding hydrogens is 211 g/mol. The molecule has 0 aliphatic heterocycles. The van der Waals surface area contributed by atoms with Gasteiger partial charge in [-0.25, -0.2) is 0 Å². The van der Waals surface area contributed by atoms with E-state index in [2.05, 4.69) is 6.92 Å². The van der Waals surface area contributed by atoms with E-state index in [1.807, 2.05) is 0 Å². The monoisotopic (exact) mass is 238 g/mol. The van der Waals surface area contributed by atoms with Crippen molar-refractivity contribution in [2.45, 2.75) is 52.9 Å². The van der Waals surface area contributed by atoms with Crippen molar-refractivity contribution in [2.24, 2.45) is 0 Å². The molecule has 94 valence electrons. The molecule has 0 bridgehead atoms. The summed E-state index contributed by atoms with van der Waals surface area (Å²) < 4.78 is 5.34. The van der Waals surface area contributed by atoms with Crippen LogP contribution < -0.4 is 0 Å². The second-order valence-corrected chi connectivity index (χ2v) is 8.30. The number of unbranched alkanes of at least 4 members (excludes halogenated alkanes) is 4. The van der Waals surface area contributed by atoms with E-state index >= 15 is 0 Å². The van der Waals surface area contributed by atoms with Crippen LogP contribution in [-0.2, 0) is 4.52 Å². The predicted molar refractivity (Wildman–Crippen MR) is 67.2 cm³/mol. The molecule has 0 saturated carbocycles. The number of hydrogen-bond donors (Lipinski definition) is 2. The Morgan fingerprint density at radius 2 is 1.40 bits per heavy atom. The van der Waals surface area contributed by atoms with Crippen LogP contribution in [-0.4, -0.2) is 28.7 Å². The number of hydrogen-bond acceptors (Lipinski definition) is 3. The van der Waals surface area contributed by atoms with Crippen LogP contribution in [0.25, 0.3) is 0 Å². The summed E-state index contributed by atoms with van der Waals surface area (Å²) >= 11 is 0. The van der Waals surface area contributed by atoms with Crippen LogP contribution in [0.1, 0.15) is 52.9 Å². The molecule has 0 aliphatic rings. The summed E-state index contributed by atoms with van der Waals surface area (Å²) in [6.45, 7) is 6.21. The van der Waals surface area contributed by atoms with Gasteiger partial charge in [0.2, 0.25) is 0 Å². The van der Waals surface area contributed by atoms with E-state index in [1.54, 1.807) is 13.8 Å². The minimum absolute atomic E-state index is 0.330. The summed E-state index contributed by atoms with van der Waals surface area (Å²) in [5.41, 5.74) is 0. The minimum atomic E-state index is -3.73. The maximum absolute atomic E-state index is 9.96. The fourth-order valence-corrected chi connectivity index (χ4v) is 2.75. The van der Waals surface area contributed by atoms with E-state index in [9.17, 15) is 9.79 Å². The first-order valence-electron chi connectivity index (χ1n) is 6.13. The topological polar surface area (TPSA) is 49.7 Å². The van der Waals surface area contributed by atoms with Crippen molar-refractivity contribution in [3.63, 3.8) is 0 Å². The van der Waals surface area contributed by atoms with Crippen LogP contribution in [0.2, 0.25) is 0 Å². The molecule has 3 nitrogen and oxygen atoms in total. The third-order valence-electron chi connectivity index (χ3n) is 2.91. The van der Waals surface area contributed by atoms with Crippen molar-refractivity contribution in [1.29, 1.82) is 0 Å². The Morgan fingerprint density at radius 1 is 0.867 bits per heavy atom. The summed E-state index contributed by atoms with van der Waals surface area (Å²) in [6.07, 6.45) is 6.40. The maximum atomic E-state index is 9.96. The summed E-state index contributed by atoms with van der Waals surface area (Å²) in [7, 11) is -3.73. The molecule has 0 saturated heterocycles. The molecule has 0 aromatic rings. The van der Waals surface area contributed by atoms with Crippen LogP contribution >= 0.6 is 7.28 Å². The molecular formula is C11H27O3P. The van der Waals surface area contributed by atoms with E-state index < -0.39 is 7.28 Å². The van der Waals surface area contributed by atoms with Gasteiger partial charge >= 0.3 is 93.4 Å². The second-order valence-electron chi connectivity index (χ2n) is 4.18. The van der Waals surface area contributed by atoms with Crippen molar-refractivity contribution < 1.29 is 14.3 Å². The molecule has 4 heteroatoms. The fourth-order valence-electron chi connectivity index (χ4n) is 1.39. The quantitative estimate of drug-likeness (QED) is 0.478.